The van der Waals surface area contributed by atoms with Crippen molar-refractivity contribution in [3.05, 3.63) is 41.3 Å². The molecule has 0 bridgehead atoms. The van der Waals surface area contributed by atoms with E-state index in [0.717, 1.165) is 22.5 Å². The number of aryl methyl sites for hydroxylation is 1. The average Bonchev–Trinajstić information content (AvgIpc) is 2.64. The molecule has 0 radical (unpaired) electrons. The highest BCUT2D eigenvalue weighted by Crippen LogP contribution is 2.28. The molecule has 2 nitrogen and oxygen atoms in total. The molecule has 0 fully saturated rings. The zero-order chi connectivity index (χ0) is 11.7. The number of nitrogens with one attached hydrogen (secondary N) is 1. The van der Waals surface area contributed by atoms with E-state index in [4.69, 9.17) is 0 Å². The van der Waals surface area contributed by atoms with Crippen LogP contribution in [0.1, 0.15) is 31.0 Å². The summed E-state index contributed by atoms with van der Waals surface area (Å²) in [6.07, 6.45) is 0. The molecule has 2 rings (SSSR count). The molecule has 2 aromatic rings. The molecule has 1 N–H and O–H groups in total. The molecule has 0 saturated carbocycles. The third-order valence-corrected chi connectivity index (χ3v) is 2.62. The minimum atomic E-state index is -0.195. The number of nitrogens with zero attached hydrogens (tertiary/aromatic N) is 1. The third kappa shape index (κ3) is 1.98. The summed E-state index contributed by atoms with van der Waals surface area (Å²) < 4.78 is 13.2. The van der Waals surface area contributed by atoms with Gasteiger partial charge >= 0.3 is 0 Å². The van der Waals surface area contributed by atoms with Gasteiger partial charge in [0.25, 0.3) is 0 Å². The molecular formula is C13H15FN2. The molecule has 0 amide bonds. The van der Waals surface area contributed by atoms with Crippen molar-refractivity contribution < 1.29 is 4.39 Å². The highest BCUT2D eigenvalue weighted by Gasteiger charge is 2.11. The van der Waals surface area contributed by atoms with Crippen molar-refractivity contribution in [2.45, 2.75) is 26.7 Å². The molecule has 0 aliphatic rings. The van der Waals surface area contributed by atoms with Crippen molar-refractivity contribution >= 4 is 0 Å². The van der Waals surface area contributed by atoms with Crippen LogP contribution in [0.25, 0.3) is 11.3 Å². The Kier molecular flexibility index (Phi) is 2.77. The van der Waals surface area contributed by atoms with Crippen LogP contribution in [0.3, 0.4) is 0 Å². The van der Waals surface area contributed by atoms with Crippen LogP contribution in [0.2, 0.25) is 0 Å². The van der Waals surface area contributed by atoms with Crippen molar-refractivity contribution in [3.8, 4) is 11.3 Å². The fourth-order valence-electron chi connectivity index (χ4n) is 1.80. The Morgan fingerprint density at radius 1 is 1.25 bits per heavy atom. The van der Waals surface area contributed by atoms with Crippen LogP contribution < -0.4 is 0 Å². The molecule has 0 saturated heterocycles. The van der Waals surface area contributed by atoms with E-state index < -0.39 is 0 Å². The molecule has 0 spiro atoms. The molecular weight excluding hydrogens is 203 g/mol. The average molecular weight is 218 g/mol. The second kappa shape index (κ2) is 4.08. The summed E-state index contributed by atoms with van der Waals surface area (Å²) in [4.78, 5) is 0. The molecule has 3 heteroatoms. The summed E-state index contributed by atoms with van der Waals surface area (Å²) in [5, 5.41) is 7.12. The van der Waals surface area contributed by atoms with E-state index in [1.165, 1.54) is 6.07 Å². The molecule has 84 valence electrons. The predicted octanol–water partition coefficient (Wildman–Crippen LogP) is 3.65. The monoisotopic (exact) mass is 218 g/mol. The maximum absolute atomic E-state index is 13.2. The first kappa shape index (κ1) is 10.9. The van der Waals surface area contributed by atoms with Crippen LogP contribution in [-0.2, 0) is 0 Å². The first-order valence-corrected chi connectivity index (χ1v) is 5.39. The Labute approximate surface area is 94.5 Å². The molecule has 0 unspecified atom stereocenters. The van der Waals surface area contributed by atoms with Gasteiger partial charge < -0.3 is 0 Å². The Bertz CT molecular complexity index is 500. The zero-order valence-corrected chi connectivity index (χ0v) is 9.71. The minimum Gasteiger partial charge on any atom is -0.282 e. The number of aromatic amines is 1. The van der Waals surface area contributed by atoms with Gasteiger partial charge in [0.15, 0.2) is 0 Å². The van der Waals surface area contributed by atoms with Gasteiger partial charge in [0, 0.05) is 11.3 Å². The number of H-pyrrole nitrogens is 1. The van der Waals surface area contributed by atoms with Gasteiger partial charge in [-0.3, -0.25) is 5.10 Å². The lowest BCUT2D eigenvalue weighted by atomic mass is 9.95. The van der Waals surface area contributed by atoms with Crippen molar-refractivity contribution in [2.75, 3.05) is 0 Å². The smallest absolute Gasteiger partial charge is 0.123 e. The topological polar surface area (TPSA) is 28.7 Å². The third-order valence-electron chi connectivity index (χ3n) is 2.62. The van der Waals surface area contributed by atoms with E-state index in [9.17, 15) is 4.39 Å². The first-order chi connectivity index (χ1) is 7.58. The number of aromatic nitrogens is 2. The predicted molar refractivity (Wildman–Crippen MR) is 62.8 cm³/mol. The molecule has 0 aliphatic heterocycles. The van der Waals surface area contributed by atoms with Gasteiger partial charge in [-0.15, -0.1) is 0 Å². The van der Waals surface area contributed by atoms with Gasteiger partial charge in [-0.2, -0.15) is 5.10 Å². The maximum atomic E-state index is 13.2. The van der Waals surface area contributed by atoms with E-state index in [2.05, 4.69) is 24.0 Å². The van der Waals surface area contributed by atoms with E-state index in [1.807, 2.05) is 13.0 Å². The molecule has 1 heterocycles. The van der Waals surface area contributed by atoms with Crippen LogP contribution in [0, 0.1) is 12.7 Å². The molecule has 16 heavy (non-hydrogen) atoms. The van der Waals surface area contributed by atoms with Crippen LogP contribution in [-0.4, -0.2) is 10.2 Å². The summed E-state index contributed by atoms with van der Waals surface area (Å²) in [6.45, 7) is 6.06. The SMILES string of the molecule is Cc1cc(-c2ccc(F)cc2C(C)C)n[nH]1. The largest absolute Gasteiger partial charge is 0.282 e. The zero-order valence-electron chi connectivity index (χ0n) is 9.71. The Morgan fingerprint density at radius 2 is 2.00 bits per heavy atom. The Balaban J connectivity index is 2.56. The van der Waals surface area contributed by atoms with Crippen LogP contribution >= 0.6 is 0 Å². The van der Waals surface area contributed by atoms with E-state index >= 15 is 0 Å². The standard InChI is InChI=1S/C13H15FN2/c1-8(2)12-7-10(14)4-5-11(12)13-6-9(3)15-16-13/h4-8H,1-3H3,(H,15,16). The Hall–Kier alpha value is -1.64. The highest BCUT2D eigenvalue weighted by atomic mass is 19.1. The van der Waals surface area contributed by atoms with E-state index in [-0.39, 0.29) is 11.7 Å². The fourth-order valence-corrected chi connectivity index (χ4v) is 1.80. The van der Waals surface area contributed by atoms with E-state index in [0.29, 0.717) is 0 Å². The lowest BCUT2D eigenvalue weighted by molar-refractivity contribution is 0.623. The number of hydrogen-bond donors (Lipinski definition) is 1. The number of hydrogen-bond acceptors (Lipinski definition) is 1. The lowest BCUT2D eigenvalue weighted by Gasteiger charge is -2.10. The summed E-state index contributed by atoms with van der Waals surface area (Å²) in [5.74, 6) is 0.0856. The molecule has 0 atom stereocenters. The summed E-state index contributed by atoms with van der Waals surface area (Å²) in [7, 11) is 0. The van der Waals surface area contributed by atoms with Crippen molar-refractivity contribution in [1.82, 2.24) is 10.2 Å². The second-order valence-electron chi connectivity index (χ2n) is 4.32. The van der Waals surface area contributed by atoms with Gasteiger partial charge in [-0.1, -0.05) is 13.8 Å². The van der Waals surface area contributed by atoms with Crippen molar-refractivity contribution in [1.29, 1.82) is 0 Å². The van der Waals surface area contributed by atoms with Gasteiger partial charge in [0.1, 0.15) is 5.82 Å². The lowest BCUT2D eigenvalue weighted by Crippen LogP contribution is -1.94. The second-order valence-corrected chi connectivity index (χ2v) is 4.32. The number of rotatable bonds is 2. The van der Waals surface area contributed by atoms with Crippen molar-refractivity contribution in [3.63, 3.8) is 0 Å². The minimum absolute atomic E-state index is 0.195. The maximum Gasteiger partial charge on any atom is 0.123 e. The van der Waals surface area contributed by atoms with Crippen LogP contribution in [0.5, 0.6) is 0 Å². The molecule has 1 aromatic heterocycles. The molecule has 0 aliphatic carbocycles. The summed E-state index contributed by atoms with van der Waals surface area (Å²) in [6, 6.07) is 6.83. The Morgan fingerprint density at radius 3 is 2.56 bits per heavy atom. The number of benzene rings is 1. The summed E-state index contributed by atoms with van der Waals surface area (Å²) in [5.41, 5.74) is 3.88. The van der Waals surface area contributed by atoms with E-state index in [1.54, 1.807) is 12.1 Å². The van der Waals surface area contributed by atoms with Gasteiger partial charge in [-0.05, 0) is 42.7 Å². The number of halogens is 1. The molecule has 1 aromatic carbocycles. The quantitative estimate of drug-likeness (QED) is 0.819. The fraction of sp³-hybridized carbons (Fsp3) is 0.308. The van der Waals surface area contributed by atoms with Gasteiger partial charge in [0.2, 0.25) is 0 Å². The van der Waals surface area contributed by atoms with Crippen molar-refractivity contribution in [2.24, 2.45) is 0 Å². The highest BCUT2D eigenvalue weighted by molar-refractivity contribution is 5.64. The van der Waals surface area contributed by atoms with Crippen LogP contribution in [0.15, 0.2) is 24.3 Å². The van der Waals surface area contributed by atoms with Gasteiger partial charge in [0.05, 0.1) is 5.69 Å². The summed E-state index contributed by atoms with van der Waals surface area (Å²) >= 11 is 0. The normalized spacial score (nSPS) is 11.1. The van der Waals surface area contributed by atoms with Crippen LogP contribution in [0.4, 0.5) is 4.39 Å². The first-order valence-electron chi connectivity index (χ1n) is 5.39. The van der Waals surface area contributed by atoms with Gasteiger partial charge in [-0.25, -0.2) is 4.39 Å².